The van der Waals surface area contributed by atoms with Crippen molar-refractivity contribution in [3.63, 3.8) is 0 Å². The molecule has 1 saturated heterocycles. The molecule has 0 saturated carbocycles. The van der Waals surface area contributed by atoms with Crippen molar-refractivity contribution in [2.24, 2.45) is 0 Å². The first-order valence-electron chi connectivity index (χ1n) is 6.63. The predicted octanol–water partition coefficient (Wildman–Crippen LogP) is 0.991. The van der Waals surface area contributed by atoms with Gasteiger partial charge in [0.1, 0.15) is 6.10 Å². The van der Waals surface area contributed by atoms with Gasteiger partial charge in [0.05, 0.1) is 25.9 Å². The highest BCUT2D eigenvalue weighted by atomic mass is 16.5. The molecule has 1 aliphatic rings. The van der Waals surface area contributed by atoms with Crippen molar-refractivity contribution in [2.45, 2.75) is 18.1 Å². The molecule has 0 bridgehead atoms. The molecule has 0 radical (unpaired) electrons. The Morgan fingerprint density at radius 1 is 1.38 bits per heavy atom. The van der Waals surface area contributed by atoms with Gasteiger partial charge < -0.3 is 19.3 Å². The summed E-state index contributed by atoms with van der Waals surface area (Å²) in [5.41, 5.74) is -0.0476. The van der Waals surface area contributed by atoms with Gasteiger partial charge in [-0.25, -0.2) is 4.79 Å². The number of hydrogen-bond donors (Lipinski definition) is 1. The van der Waals surface area contributed by atoms with E-state index in [1.165, 1.54) is 14.2 Å². The molecular formula is C16H18O5. The second-order valence-corrected chi connectivity index (χ2v) is 4.79. The van der Waals surface area contributed by atoms with Gasteiger partial charge in [0.15, 0.2) is 5.60 Å². The van der Waals surface area contributed by atoms with Crippen LogP contribution in [0.5, 0.6) is 0 Å². The van der Waals surface area contributed by atoms with E-state index < -0.39 is 17.7 Å². The molecule has 21 heavy (non-hydrogen) atoms. The number of rotatable bonds is 2. The van der Waals surface area contributed by atoms with Crippen LogP contribution < -0.4 is 0 Å². The zero-order valence-corrected chi connectivity index (χ0v) is 12.1. The summed E-state index contributed by atoms with van der Waals surface area (Å²) in [6, 6.07) is 6.70. The van der Waals surface area contributed by atoms with Crippen LogP contribution in [0.2, 0.25) is 0 Å². The Labute approximate surface area is 123 Å². The molecule has 0 amide bonds. The van der Waals surface area contributed by atoms with Gasteiger partial charge in [-0.15, -0.1) is 0 Å². The zero-order valence-electron chi connectivity index (χ0n) is 12.1. The molecule has 5 nitrogen and oxygen atoms in total. The summed E-state index contributed by atoms with van der Waals surface area (Å²) in [5, 5.41) is 10.5. The molecule has 5 heteroatoms. The summed E-state index contributed by atoms with van der Waals surface area (Å²) in [7, 11) is 2.86. The standard InChI is InChI=1S/C16H18O5/c1-19-14-11-21-10-9-16(14,18)8-7-12-3-5-13(6-4-12)15(17)20-2/h3-6,14,18H,9-11H2,1-2H3. The lowest BCUT2D eigenvalue weighted by Gasteiger charge is -2.34. The monoisotopic (exact) mass is 290 g/mol. The van der Waals surface area contributed by atoms with Gasteiger partial charge >= 0.3 is 5.97 Å². The Morgan fingerprint density at radius 3 is 2.71 bits per heavy atom. The maximum Gasteiger partial charge on any atom is 0.337 e. The Balaban J connectivity index is 2.16. The minimum Gasteiger partial charge on any atom is -0.465 e. The summed E-state index contributed by atoms with van der Waals surface area (Å²) in [4.78, 5) is 11.3. The summed E-state index contributed by atoms with van der Waals surface area (Å²) in [6.07, 6.45) is -0.0632. The molecule has 1 aliphatic heterocycles. The lowest BCUT2D eigenvalue weighted by molar-refractivity contribution is -0.136. The first kappa shape index (κ1) is 15.5. The van der Waals surface area contributed by atoms with Gasteiger partial charge in [-0.3, -0.25) is 0 Å². The Morgan fingerprint density at radius 2 is 2.10 bits per heavy atom. The molecule has 0 aromatic heterocycles. The third-order valence-corrected chi connectivity index (χ3v) is 3.44. The minimum atomic E-state index is -1.21. The van der Waals surface area contributed by atoms with Crippen molar-refractivity contribution in [1.29, 1.82) is 0 Å². The number of hydrogen-bond acceptors (Lipinski definition) is 5. The van der Waals surface area contributed by atoms with Crippen molar-refractivity contribution in [1.82, 2.24) is 0 Å². The lowest BCUT2D eigenvalue weighted by atomic mass is 9.91. The number of carbonyl (C=O) groups excluding carboxylic acids is 1. The topological polar surface area (TPSA) is 65.0 Å². The van der Waals surface area contributed by atoms with Gasteiger partial charge in [0.2, 0.25) is 0 Å². The summed E-state index contributed by atoms with van der Waals surface area (Å²) in [6.45, 7) is 0.773. The van der Waals surface area contributed by atoms with Gasteiger partial charge in [-0.1, -0.05) is 11.8 Å². The molecule has 2 rings (SSSR count). The average molecular weight is 290 g/mol. The number of aliphatic hydroxyl groups is 1. The smallest absolute Gasteiger partial charge is 0.337 e. The summed E-state index contributed by atoms with van der Waals surface area (Å²) >= 11 is 0. The maximum absolute atomic E-state index is 11.3. The first-order chi connectivity index (χ1) is 10.1. The van der Waals surface area contributed by atoms with Gasteiger partial charge in [0, 0.05) is 19.1 Å². The highest BCUT2D eigenvalue weighted by Crippen LogP contribution is 2.22. The van der Waals surface area contributed by atoms with Gasteiger partial charge in [-0.05, 0) is 24.3 Å². The Bertz CT molecular complexity index is 554. The largest absolute Gasteiger partial charge is 0.465 e. The van der Waals surface area contributed by atoms with E-state index in [1.54, 1.807) is 24.3 Å². The van der Waals surface area contributed by atoms with Crippen LogP contribution in [0.15, 0.2) is 24.3 Å². The highest BCUT2D eigenvalue weighted by molar-refractivity contribution is 5.89. The molecule has 2 atom stereocenters. The first-order valence-corrected chi connectivity index (χ1v) is 6.63. The van der Waals surface area contributed by atoms with E-state index in [1.807, 2.05) is 0 Å². The van der Waals surface area contributed by atoms with Crippen molar-refractivity contribution in [3.05, 3.63) is 35.4 Å². The fourth-order valence-corrected chi connectivity index (χ4v) is 2.11. The highest BCUT2D eigenvalue weighted by Gasteiger charge is 2.38. The predicted molar refractivity (Wildman–Crippen MR) is 75.8 cm³/mol. The number of carbonyl (C=O) groups is 1. The number of methoxy groups -OCH3 is 2. The average Bonchev–Trinajstić information content (AvgIpc) is 2.53. The summed E-state index contributed by atoms with van der Waals surface area (Å²) < 4.78 is 15.1. The van der Waals surface area contributed by atoms with Crippen LogP contribution in [-0.2, 0) is 14.2 Å². The fourth-order valence-electron chi connectivity index (χ4n) is 2.11. The van der Waals surface area contributed by atoms with Crippen LogP contribution in [-0.4, -0.2) is 50.2 Å². The quantitative estimate of drug-likeness (QED) is 0.650. The van der Waals surface area contributed by atoms with Crippen LogP contribution in [0.1, 0.15) is 22.3 Å². The maximum atomic E-state index is 11.3. The van der Waals surface area contributed by atoms with Crippen molar-refractivity contribution in [2.75, 3.05) is 27.4 Å². The van der Waals surface area contributed by atoms with Gasteiger partial charge in [0.25, 0.3) is 0 Å². The van der Waals surface area contributed by atoms with E-state index in [4.69, 9.17) is 9.47 Å². The third kappa shape index (κ3) is 3.61. The second kappa shape index (κ2) is 6.72. The molecule has 1 N–H and O–H groups in total. The van der Waals surface area contributed by atoms with Gasteiger partial charge in [-0.2, -0.15) is 0 Å². The molecular weight excluding hydrogens is 272 g/mol. The van der Waals surface area contributed by atoms with Crippen molar-refractivity contribution in [3.8, 4) is 11.8 Å². The van der Waals surface area contributed by atoms with Crippen LogP contribution in [0.3, 0.4) is 0 Å². The minimum absolute atomic E-state index is 0.322. The molecule has 1 heterocycles. The molecule has 0 aliphatic carbocycles. The van der Waals surface area contributed by atoms with E-state index in [0.29, 0.717) is 30.8 Å². The molecule has 1 fully saturated rings. The SMILES string of the molecule is COC(=O)c1ccc(C#CC2(O)CCOCC2OC)cc1. The molecule has 1 aromatic carbocycles. The fraction of sp³-hybridized carbons (Fsp3) is 0.438. The lowest BCUT2D eigenvalue weighted by Crippen LogP contribution is -2.49. The van der Waals surface area contributed by atoms with E-state index in [2.05, 4.69) is 16.6 Å². The number of benzene rings is 1. The number of ether oxygens (including phenoxy) is 3. The third-order valence-electron chi connectivity index (χ3n) is 3.44. The van der Waals surface area contributed by atoms with Crippen LogP contribution in [0.4, 0.5) is 0 Å². The van der Waals surface area contributed by atoms with E-state index >= 15 is 0 Å². The van der Waals surface area contributed by atoms with E-state index in [-0.39, 0.29) is 0 Å². The van der Waals surface area contributed by atoms with Crippen LogP contribution in [0, 0.1) is 11.8 Å². The number of esters is 1. The zero-order chi connectivity index (χ0) is 15.3. The van der Waals surface area contributed by atoms with Crippen LogP contribution >= 0.6 is 0 Å². The molecule has 1 aromatic rings. The second-order valence-electron chi connectivity index (χ2n) is 4.79. The van der Waals surface area contributed by atoms with Crippen molar-refractivity contribution >= 4 is 5.97 Å². The molecule has 112 valence electrons. The molecule has 0 spiro atoms. The van der Waals surface area contributed by atoms with E-state index in [9.17, 15) is 9.90 Å². The Hall–Kier alpha value is -1.87. The Kier molecular flexibility index (Phi) is 4.97. The summed E-state index contributed by atoms with van der Waals surface area (Å²) in [5.74, 6) is 5.39. The molecule has 2 unspecified atom stereocenters. The van der Waals surface area contributed by atoms with Crippen molar-refractivity contribution < 1.29 is 24.1 Å². The normalized spacial score (nSPS) is 24.8. The van der Waals surface area contributed by atoms with Crippen LogP contribution in [0.25, 0.3) is 0 Å². The van der Waals surface area contributed by atoms with E-state index in [0.717, 1.165) is 0 Å².